The van der Waals surface area contributed by atoms with Gasteiger partial charge in [-0.15, -0.1) is 0 Å². The standard InChI is InChI=1S/C20H24N2O3S/c1-3-5-15-7-10-18(11-8-15)21-20(23)17-9-12-19-16(14-17)6-4-13-22(19)26(2,24)25/h7-12,14H,3-6,13H2,1-2H3,(H,21,23). The molecular formula is C20H24N2O3S. The molecule has 1 aliphatic heterocycles. The van der Waals surface area contributed by atoms with Gasteiger partial charge in [0.05, 0.1) is 11.9 Å². The van der Waals surface area contributed by atoms with Crippen LogP contribution in [0.2, 0.25) is 0 Å². The molecule has 1 aliphatic rings. The van der Waals surface area contributed by atoms with Gasteiger partial charge in [0.1, 0.15) is 0 Å². The molecule has 26 heavy (non-hydrogen) atoms. The number of hydrogen-bond acceptors (Lipinski definition) is 3. The van der Waals surface area contributed by atoms with E-state index in [2.05, 4.69) is 12.2 Å². The summed E-state index contributed by atoms with van der Waals surface area (Å²) in [5.41, 5.74) is 4.12. The van der Waals surface area contributed by atoms with Crippen LogP contribution < -0.4 is 9.62 Å². The van der Waals surface area contributed by atoms with Gasteiger partial charge in [0, 0.05) is 17.8 Å². The highest BCUT2D eigenvalue weighted by Gasteiger charge is 2.24. The summed E-state index contributed by atoms with van der Waals surface area (Å²) in [4.78, 5) is 12.5. The molecule has 1 N–H and O–H groups in total. The first-order valence-electron chi connectivity index (χ1n) is 8.89. The zero-order valence-electron chi connectivity index (χ0n) is 15.2. The molecule has 0 fully saturated rings. The van der Waals surface area contributed by atoms with Crippen LogP contribution in [0.5, 0.6) is 0 Å². The third-order valence-corrected chi connectivity index (χ3v) is 5.75. The molecule has 1 heterocycles. The van der Waals surface area contributed by atoms with Crippen LogP contribution in [0.25, 0.3) is 0 Å². The SMILES string of the molecule is CCCc1ccc(NC(=O)c2ccc3c(c2)CCCN3S(C)(=O)=O)cc1. The highest BCUT2D eigenvalue weighted by molar-refractivity contribution is 7.92. The Hall–Kier alpha value is -2.34. The highest BCUT2D eigenvalue weighted by atomic mass is 32.2. The van der Waals surface area contributed by atoms with Crippen molar-refractivity contribution >= 4 is 27.3 Å². The van der Waals surface area contributed by atoms with E-state index in [4.69, 9.17) is 0 Å². The molecule has 0 aromatic heterocycles. The van der Waals surface area contributed by atoms with Crippen LogP contribution in [0.1, 0.15) is 41.3 Å². The fourth-order valence-electron chi connectivity index (χ4n) is 3.30. The van der Waals surface area contributed by atoms with Gasteiger partial charge in [-0.2, -0.15) is 0 Å². The van der Waals surface area contributed by atoms with Gasteiger partial charge in [0.15, 0.2) is 0 Å². The van der Waals surface area contributed by atoms with Crippen molar-refractivity contribution in [2.24, 2.45) is 0 Å². The molecule has 0 radical (unpaired) electrons. The molecule has 138 valence electrons. The third kappa shape index (κ3) is 4.07. The lowest BCUT2D eigenvalue weighted by atomic mass is 10.0. The number of amides is 1. The number of hydrogen-bond donors (Lipinski definition) is 1. The Labute approximate surface area is 155 Å². The van der Waals surface area contributed by atoms with E-state index in [-0.39, 0.29) is 5.91 Å². The highest BCUT2D eigenvalue weighted by Crippen LogP contribution is 2.30. The Balaban J connectivity index is 1.78. The summed E-state index contributed by atoms with van der Waals surface area (Å²) in [7, 11) is -3.30. The normalized spacial score (nSPS) is 14.0. The number of fused-ring (bicyclic) bond motifs is 1. The van der Waals surface area contributed by atoms with Crippen molar-refractivity contribution < 1.29 is 13.2 Å². The van der Waals surface area contributed by atoms with E-state index in [0.717, 1.165) is 36.9 Å². The zero-order chi connectivity index (χ0) is 18.7. The molecule has 0 atom stereocenters. The number of nitrogens with one attached hydrogen (secondary N) is 1. The van der Waals surface area contributed by atoms with E-state index >= 15 is 0 Å². The van der Waals surface area contributed by atoms with Gasteiger partial charge >= 0.3 is 0 Å². The number of benzene rings is 2. The van der Waals surface area contributed by atoms with Crippen molar-refractivity contribution in [3.63, 3.8) is 0 Å². The van der Waals surface area contributed by atoms with Crippen molar-refractivity contribution in [2.75, 3.05) is 22.4 Å². The van der Waals surface area contributed by atoms with Crippen molar-refractivity contribution in [2.45, 2.75) is 32.6 Å². The summed E-state index contributed by atoms with van der Waals surface area (Å²) in [6.07, 6.45) is 4.85. The Morgan fingerprint density at radius 1 is 1.15 bits per heavy atom. The number of rotatable bonds is 5. The molecule has 3 rings (SSSR count). The second-order valence-corrected chi connectivity index (χ2v) is 8.59. The van der Waals surface area contributed by atoms with Crippen molar-refractivity contribution in [3.8, 4) is 0 Å². The lowest BCUT2D eigenvalue weighted by molar-refractivity contribution is 0.102. The molecule has 0 bridgehead atoms. The van der Waals surface area contributed by atoms with Gasteiger partial charge in [-0.1, -0.05) is 25.5 Å². The van der Waals surface area contributed by atoms with Crippen molar-refractivity contribution in [1.29, 1.82) is 0 Å². The van der Waals surface area contributed by atoms with E-state index in [9.17, 15) is 13.2 Å². The molecule has 6 heteroatoms. The van der Waals surface area contributed by atoms with Gasteiger partial charge in [-0.25, -0.2) is 8.42 Å². The number of aryl methyl sites for hydroxylation is 2. The molecule has 0 aliphatic carbocycles. The van der Waals surface area contributed by atoms with Crippen LogP contribution in [0.3, 0.4) is 0 Å². The molecule has 0 spiro atoms. The average Bonchev–Trinajstić information content (AvgIpc) is 2.61. The number of carbonyl (C=O) groups excluding carboxylic acids is 1. The molecule has 1 amide bonds. The predicted octanol–water partition coefficient (Wildman–Crippen LogP) is 3.60. The summed E-state index contributed by atoms with van der Waals surface area (Å²) in [6, 6.07) is 13.1. The van der Waals surface area contributed by atoms with E-state index in [1.54, 1.807) is 18.2 Å². The number of anilines is 2. The van der Waals surface area contributed by atoms with Crippen molar-refractivity contribution in [1.82, 2.24) is 0 Å². The van der Waals surface area contributed by atoms with Gasteiger partial charge < -0.3 is 5.32 Å². The second kappa shape index (κ2) is 7.50. The Morgan fingerprint density at radius 2 is 1.88 bits per heavy atom. The first kappa shape index (κ1) is 18.5. The first-order valence-corrected chi connectivity index (χ1v) is 10.7. The number of sulfonamides is 1. The minimum absolute atomic E-state index is 0.187. The first-order chi connectivity index (χ1) is 12.4. The van der Waals surface area contributed by atoms with E-state index < -0.39 is 10.0 Å². The molecule has 0 saturated carbocycles. The maximum atomic E-state index is 12.5. The molecule has 0 unspecified atom stereocenters. The van der Waals surface area contributed by atoms with E-state index in [1.807, 2.05) is 24.3 Å². The van der Waals surface area contributed by atoms with Crippen molar-refractivity contribution in [3.05, 3.63) is 59.2 Å². The average molecular weight is 372 g/mol. The van der Waals surface area contributed by atoms with Crippen LogP contribution in [0, 0.1) is 0 Å². The summed E-state index contributed by atoms with van der Waals surface area (Å²) in [6.45, 7) is 2.62. The fourth-order valence-corrected chi connectivity index (χ4v) is 4.29. The van der Waals surface area contributed by atoms with E-state index in [1.165, 1.54) is 16.1 Å². The summed E-state index contributed by atoms with van der Waals surface area (Å²) >= 11 is 0. The van der Waals surface area contributed by atoms with Crippen LogP contribution in [-0.4, -0.2) is 27.1 Å². The smallest absolute Gasteiger partial charge is 0.255 e. The molecular weight excluding hydrogens is 348 g/mol. The maximum Gasteiger partial charge on any atom is 0.255 e. The van der Waals surface area contributed by atoms with E-state index in [0.29, 0.717) is 17.8 Å². The topological polar surface area (TPSA) is 66.5 Å². The van der Waals surface area contributed by atoms with Gasteiger partial charge in [-0.3, -0.25) is 9.10 Å². The number of carbonyl (C=O) groups is 1. The minimum atomic E-state index is -3.30. The third-order valence-electron chi connectivity index (χ3n) is 4.57. The Morgan fingerprint density at radius 3 is 2.54 bits per heavy atom. The van der Waals surface area contributed by atoms with Gasteiger partial charge in [0.25, 0.3) is 5.91 Å². The summed E-state index contributed by atoms with van der Waals surface area (Å²) < 4.78 is 25.3. The quantitative estimate of drug-likeness (QED) is 0.872. The second-order valence-electron chi connectivity index (χ2n) is 6.68. The Bertz CT molecular complexity index is 905. The molecule has 5 nitrogen and oxygen atoms in total. The Kier molecular flexibility index (Phi) is 5.32. The van der Waals surface area contributed by atoms with Gasteiger partial charge in [0.2, 0.25) is 10.0 Å². The zero-order valence-corrected chi connectivity index (χ0v) is 16.0. The maximum absolute atomic E-state index is 12.5. The predicted molar refractivity (Wildman–Crippen MR) is 105 cm³/mol. The summed E-state index contributed by atoms with van der Waals surface area (Å²) in [5, 5.41) is 2.90. The molecule has 2 aromatic rings. The lowest BCUT2D eigenvalue weighted by Crippen LogP contribution is -2.34. The van der Waals surface area contributed by atoms with Crippen LogP contribution in [0.15, 0.2) is 42.5 Å². The van der Waals surface area contributed by atoms with Crippen LogP contribution in [-0.2, 0) is 22.9 Å². The summed E-state index contributed by atoms with van der Waals surface area (Å²) in [5.74, 6) is -0.187. The monoisotopic (exact) mass is 372 g/mol. The fraction of sp³-hybridized carbons (Fsp3) is 0.350. The van der Waals surface area contributed by atoms with Crippen LogP contribution >= 0.6 is 0 Å². The molecule has 2 aromatic carbocycles. The molecule has 0 saturated heterocycles. The largest absolute Gasteiger partial charge is 0.322 e. The van der Waals surface area contributed by atoms with Crippen LogP contribution in [0.4, 0.5) is 11.4 Å². The lowest BCUT2D eigenvalue weighted by Gasteiger charge is -2.29. The van der Waals surface area contributed by atoms with Gasteiger partial charge in [-0.05, 0) is 60.7 Å². The number of nitrogens with zero attached hydrogens (tertiary/aromatic N) is 1. The minimum Gasteiger partial charge on any atom is -0.322 e.